The number of carboxylic acids is 4. The van der Waals surface area contributed by atoms with Gasteiger partial charge in [0.05, 0.1) is 5.92 Å². The monoisotopic (exact) mass is 340 g/mol. The van der Waals surface area contributed by atoms with Gasteiger partial charge in [-0.3, -0.25) is 28.8 Å². The maximum Gasteiger partial charge on any atom is 0.318 e. The maximum atomic E-state index is 12.8. The molecular formula is C14H12O10. The third-order valence-electron chi connectivity index (χ3n) is 5.80. The third kappa shape index (κ3) is 1.37. The molecule has 0 unspecified atom stereocenters. The molecule has 4 bridgehead atoms. The van der Waals surface area contributed by atoms with Gasteiger partial charge in [-0.2, -0.15) is 0 Å². The first-order valence-electron chi connectivity index (χ1n) is 6.99. The summed E-state index contributed by atoms with van der Waals surface area (Å²) in [6.07, 6.45) is -2.58. The van der Waals surface area contributed by atoms with E-state index in [1.165, 1.54) is 0 Å². The van der Waals surface area contributed by atoms with Crippen LogP contribution in [0.1, 0.15) is 19.3 Å². The smallest absolute Gasteiger partial charge is 0.318 e. The standard InChI is InChI=1S/C14H12O10/c15-6-4-1-12(9(19)20)2-13(6,10(21)22)3-14(8(12)18,11(23)24)5(4)7(16)17/h4-5H,1-3H2,(H,16,17)(H,19,20)(H,21,22)(H,23,24)/t4-,5-,12-,13-,14+/m1/s1. The van der Waals surface area contributed by atoms with Gasteiger partial charge in [0.2, 0.25) is 0 Å². The molecule has 0 aromatic rings. The molecule has 5 atom stereocenters. The molecule has 10 heteroatoms. The Labute approximate surface area is 133 Å². The first-order valence-corrected chi connectivity index (χ1v) is 6.99. The average molecular weight is 340 g/mol. The Balaban J connectivity index is 2.38. The van der Waals surface area contributed by atoms with Crippen LogP contribution in [0.4, 0.5) is 0 Å². The first kappa shape index (κ1) is 16.1. The van der Waals surface area contributed by atoms with E-state index in [4.69, 9.17) is 0 Å². The zero-order valence-corrected chi connectivity index (χ0v) is 12.0. The summed E-state index contributed by atoms with van der Waals surface area (Å²) in [4.78, 5) is 72.1. The highest BCUT2D eigenvalue weighted by Crippen LogP contribution is 2.68. The molecule has 4 rings (SSSR count). The van der Waals surface area contributed by atoms with E-state index in [2.05, 4.69) is 0 Å². The fourth-order valence-electron chi connectivity index (χ4n) is 4.87. The fraction of sp³-hybridized carbons (Fsp3) is 0.571. The van der Waals surface area contributed by atoms with Crippen molar-refractivity contribution in [2.24, 2.45) is 28.1 Å². The van der Waals surface area contributed by atoms with Crippen LogP contribution in [-0.4, -0.2) is 55.9 Å². The largest absolute Gasteiger partial charge is 0.481 e. The zero-order valence-electron chi connectivity index (χ0n) is 12.0. The molecule has 0 radical (unpaired) electrons. The molecule has 24 heavy (non-hydrogen) atoms. The molecular weight excluding hydrogens is 328 g/mol. The molecule has 4 aliphatic carbocycles. The van der Waals surface area contributed by atoms with Crippen molar-refractivity contribution in [1.82, 2.24) is 0 Å². The minimum atomic E-state index is -2.74. The maximum absolute atomic E-state index is 12.8. The highest BCUT2D eigenvalue weighted by molar-refractivity contribution is 6.24. The summed E-state index contributed by atoms with van der Waals surface area (Å²) in [7, 11) is 0. The number of hydrogen-bond acceptors (Lipinski definition) is 6. The quantitative estimate of drug-likeness (QED) is 0.456. The van der Waals surface area contributed by atoms with Gasteiger partial charge in [-0.15, -0.1) is 0 Å². The summed E-state index contributed by atoms with van der Waals surface area (Å²) in [5.41, 5.74) is -7.49. The van der Waals surface area contributed by atoms with E-state index in [0.717, 1.165) is 0 Å². The van der Waals surface area contributed by atoms with Gasteiger partial charge in [-0.25, -0.2) is 0 Å². The first-order chi connectivity index (χ1) is 11.0. The van der Waals surface area contributed by atoms with Gasteiger partial charge in [0.25, 0.3) is 0 Å². The lowest BCUT2D eigenvalue weighted by atomic mass is 9.35. The molecule has 0 aliphatic heterocycles. The molecule has 4 fully saturated rings. The number of carboxylic acid groups (broad SMARTS) is 4. The van der Waals surface area contributed by atoms with Crippen molar-refractivity contribution in [3.63, 3.8) is 0 Å². The molecule has 0 heterocycles. The van der Waals surface area contributed by atoms with Crippen LogP contribution in [0.25, 0.3) is 0 Å². The van der Waals surface area contributed by atoms with Crippen molar-refractivity contribution >= 4 is 35.4 Å². The van der Waals surface area contributed by atoms with Crippen molar-refractivity contribution in [2.75, 3.05) is 0 Å². The van der Waals surface area contributed by atoms with Gasteiger partial charge < -0.3 is 20.4 Å². The number of carbonyl (C=O) groups excluding carboxylic acids is 2. The lowest BCUT2D eigenvalue weighted by molar-refractivity contribution is -0.216. The van der Waals surface area contributed by atoms with E-state index < -0.39 is 82.8 Å². The Morgan fingerprint density at radius 2 is 1.38 bits per heavy atom. The fourth-order valence-corrected chi connectivity index (χ4v) is 4.87. The minimum absolute atomic E-state index is 0.693. The number of aliphatic carboxylic acids is 4. The molecule has 128 valence electrons. The second-order valence-corrected chi connectivity index (χ2v) is 6.72. The molecule has 0 aromatic heterocycles. The molecule has 10 nitrogen and oxygen atoms in total. The Hall–Kier alpha value is -2.78. The Morgan fingerprint density at radius 3 is 1.79 bits per heavy atom. The van der Waals surface area contributed by atoms with Gasteiger partial charge in [0.15, 0.2) is 11.6 Å². The van der Waals surface area contributed by atoms with Gasteiger partial charge >= 0.3 is 23.9 Å². The van der Waals surface area contributed by atoms with Crippen LogP contribution in [0.15, 0.2) is 0 Å². The van der Waals surface area contributed by atoms with E-state index in [0.29, 0.717) is 0 Å². The summed E-state index contributed by atoms with van der Waals surface area (Å²) in [5.74, 6) is -13.1. The van der Waals surface area contributed by atoms with E-state index >= 15 is 0 Å². The molecule has 0 saturated heterocycles. The molecule has 0 spiro atoms. The zero-order chi connectivity index (χ0) is 18.2. The van der Waals surface area contributed by atoms with Crippen LogP contribution >= 0.6 is 0 Å². The van der Waals surface area contributed by atoms with Gasteiger partial charge in [0, 0.05) is 5.92 Å². The van der Waals surface area contributed by atoms with E-state index in [-0.39, 0.29) is 0 Å². The number of carbonyl (C=O) groups is 6. The summed E-state index contributed by atoms with van der Waals surface area (Å²) in [5, 5.41) is 37.9. The lowest BCUT2D eigenvalue weighted by Gasteiger charge is -2.61. The number of Topliss-reactive ketones (excluding diaryl/α,β-unsaturated/α-hetero) is 2. The highest BCUT2D eigenvalue weighted by Gasteiger charge is 2.83. The number of rotatable bonds is 4. The van der Waals surface area contributed by atoms with Gasteiger partial charge in [-0.1, -0.05) is 0 Å². The Morgan fingerprint density at radius 1 is 0.833 bits per heavy atom. The van der Waals surface area contributed by atoms with Crippen molar-refractivity contribution in [2.45, 2.75) is 19.3 Å². The van der Waals surface area contributed by atoms with Crippen molar-refractivity contribution < 1.29 is 49.2 Å². The molecule has 4 N–H and O–H groups in total. The van der Waals surface area contributed by atoms with Crippen LogP contribution in [0.2, 0.25) is 0 Å². The summed E-state index contributed by atoms with van der Waals surface area (Å²) < 4.78 is 0. The van der Waals surface area contributed by atoms with Crippen LogP contribution in [-0.2, 0) is 28.8 Å². The molecule has 0 aromatic carbocycles. The van der Waals surface area contributed by atoms with Crippen LogP contribution in [0, 0.1) is 28.1 Å². The van der Waals surface area contributed by atoms with Crippen LogP contribution in [0.5, 0.6) is 0 Å². The van der Waals surface area contributed by atoms with Crippen molar-refractivity contribution in [3.05, 3.63) is 0 Å². The normalized spacial score (nSPS) is 42.8. The Kier molecular flexibility index (Phi) is 2.81. The SMILES string of the molecule is O=C(O)[C@H]1[C@H]2C[C@@]3(C(=O)O)C[C@@](C(=O)O)(C[C@@]1(C(=O)O)C3=O)C2=O. The summed E-state index contributed by atoms with van der Waals surface area (Å²) >= 11 is 0. The molecule has 0 amide bonds. The highest BCUT2D eigenvalue weighted by atomic mass is 16.4. The predicted molar refractivity (Wildman–Crippen MR) is 68.7 cm³/mol. The lowest BCUT2D eigenvalue weighted by Crippen LogP contribution is -2.76. The van der Waals surface area contributed by atoms with E-state index in [1.807, 2.05) is 0 Å². The topological polar surface area (TPSA) is 183 Å². The van der Waals surface area contributed by atoms with Gasteiger partial charge in [-0.05, 0) is 19.3 Å². The van der Waals surface area contributed by atoms with E-state index in [1.54, 1.807) is 0 Å². The second-order valence-electron chi connectivity index (χ2n) is 6.72. The van der Waals surface area contributed by atoms with Crippen LogP contribution in [0.3, 0.4) is 0 Å². The number of ketones is 2. The average Bonchev–Trinajstić information content (AvgIpc) is 2.45. The second kappa shape index (κ2) is 4.19. The number of hydrogen-bond donors (Lipinski definition) is 4. The minimum Gasteiger partial charge on any atom is -0.481 e. The molecule has 4 saturated carbocycles. The summed E-state index contributed by atoms with van der Waals surface area (Å²) in [6, 6.07) is 0. The van der Waals surface area contributed by atoms with Crippen molar-refractivity contribution in [3.8, 4) is 0 Å². The summed E-state index contributed by atoms with van der Waals surface area (Å²) in [6.45, 7) is 0. The molecule has 4 aliphatic rings. The Bertz CT molecular complexity index is 739. The van der Waals surface area contributed by atoms with Gasteiger partial charge in [0.1, 0.15) is 16.2 Å². The third-order valence-corrected chi connectivity index (χ3v) is 5.80. The van der Waals surface area contributed by atoms with Crippen molar-refractivity contribution in [1.29, 1.82) is 0 Å². The van der Waals surface area contributed by atoms with Crippen LogP contribution < -0.4 is 0 Å². The van der Waals surface area contributed by atoms with E-state index in [9.17, 15) is 49.2 Å². The predicted octanol–water partition coefficient (Wildman–Crippen LogP) is -1.13.